The molecule has 110 valence electrons. The third-order valence-electron chi connectivity index (χ3n) is 4.18. The van der Waals surface area contributed by atoms with Crippen molar-refractivity contribution < 1.29 is 0 Å². The van der Waals surface area contributed by atoms with Crippen molar-refractivity contribution in [1.29, 1.82) is 0 Å². The van der Waals surface area contributed by atoms with Crippen molar-refractivity contribution in [3.05, 3.63) is 52.0 Å². The van der Waals surface area contributed by atoms with E-state index in [0.717, 1.165) is 35.4 Å². The second-order valence-electron chi connectivity index (χ2n) is 5.63. The number of halogens is 1. The van der Waals surface area contributed by atoms with Gasteiger partial charge in [-0.05, 0) is 43.5 Å². The number of nitrogens with zero attached hydrogens (tertiary/aromatic N) is 4. The maximum atomic E-state index is 4.57. The topological polar surface area (TPSA) is 41.9 Å². The largest absolute Gasteiger partial charge is 0.325 e. The smallest absolute Gasteiger partial charge is 0.144 e. The fourth-order valence-electron chi connectivity index (χ4n) is 3.15. The average Bonchev–Trinajstić information content (AvgIpc) is 2.96. The van der Waals surface area contributed by atoms with Gasteiger partial charge in [-0.15, -0.1) is 0 Å². The van der Waals surface area contributed by atoms with Crippen LogP contribution in [0, 0.1) is 13.8 Å². The Labute approximate surface area is 137 Å². The van der Waals surface area contributed by atoms with E-state index in [2.05, 4.69) is 60.9 Å². The van der Waals surface area contributed by atoms with Gasteiger partial charge in [-0.25, -0.2) is 9.97 Å². The molecular weight excluding hydrogens is 340 g/mol. The molecule has 0 bridgehead atoms. The van der Waals surface area contributed by atoms with Crippen molar-refractivity contribution in [3.63, 3.8) is 0 Å². The first-order chi connectivity index (χ1) is 10.6. The molecule has 4 nitrogen and oxygen atoms in total. The first kappa shape index (κ1) is 13.6. The average molecular weight is 355 g/mol. The molecule has 0 saturated heterocycles. The first-order valence-electron chi connectivity index (χ1n) is 7.28. The fourth-order valence-corrected chi connectivity index (χ4v) is 3.67. The van der Waals surface area contributed by atoms with Gasteiger partial charge < -0.3 is 4.90 Å². The molecule has 3 aromatic rings. The van der Waals surface area contributed by atoms with Crippen LogP contribution in [0.2, 0.25) is 0 Å². The summed E-state index contributed by atoms with van der Waals surface area (Å²) < 4.78 is 1.17. The molecule has 0 amide bonds. The lowest BCUT2D eigenvalue weighted by Crippen LogP contribution is -2.16. The van der Waals surface area contributed by atoms with E-state index in [9.17, 15) is 0 Å². The summed E-state index contributed by atoms with van der Waals surface area (Å²) in [7, 11) is 0. The van der Waals surface area contributed by atoms with Crippen molar-refractivity contribution >= 4 is 38.3 Å². The molecule has 0 N–H and O–H groups in total. The van der Waals surface area contributed by atoms with Crippen molar-refractivity contribution in [2.75, 3.05) is 11.4 Å². The molecule has 0 radical (unpaired) electrons. The molecule has 22 heavy (non-hydrogen) atoms. The highest BCUT2D eigenvalue weighted by atomic mass is 79.9. The summed E-state index contributed by atoms with van der Waals surface area (Å²) in [5.74, 6) is 0.968. The van der Waals surface area contributed by atoms with Crippen LogP contribution in [0.4, 0.5) is 11.5 Å². The van der Waals surface area contributed by atoms with Gasteiger partial charge in [0.15, 0.2) is 0 Å². The van der Waals surface area contributed by atoms with E-state index < -0.39 is 0 Å². The van der Waals surface area contributed by atoms with Crippen LogP contribution < -0.4 is 4.90 Å². The van der Waals surface area contributed by atoms with E-state index in [0.29, 0.717) is 0 Å². The summed E-state index contributed by atoms with van der Waals surface area (Å²) in [6.07, 6.45) is 4.47. The molecule has 5 heteroatoms. The van der Waals surface area contributed by atoms with E-state index in [-0.39, 0.29) is 0 Å². The number of aromatic nitrogens is 3. The number of pyridine rings is 1. The van der Waals surface area contributed by atoms with Gasteiger partial charge in [0.05, 0.1) is 11.7 Å². The maximum Gasteiger partial charge on any atom is 0.144 e. The van der Waals surface area contributed by atoms with Gasteiger partial charge in [0.2, 0.25) is 0 Å². The first-order valence-corrected chi connectivity index (χ1v) is 8.07. The van der Waals surface area contributed by atoms with Gasteiger partial charge in [-0.3, -0.25) is 4.98 Å². The predicted octanol–water partition coefficient (Wildman–Crippen LogP) is 4.10. The van der Waals surface area contributed by atoms with Crippen LogP contribution in [0.25, 0.3) is 10.9 Å². The molecule has 1 aromatic carbocycles. The van der Waals surface area contributed by atoms with Gasteiger partial charge >= 0.3 is 0 Å². The quantitative estimate of drug-likeness (QED) is 0.659. The third-order valence-corrected chi connectivity index (χ3v) is 4.92. The summed E-state index contributed by atoms with van der Waals surface area (Å²) in [4.78, 5) is 15.6. The third kappa shape index (κ3) is 2.00. The van der Waals surface area contributed by atoms with Crippen molar-refractivity contribution in [3.8, 4) is 0 Å². The molecule has 2 aromatic heterocycles. The summed E-state index contributed by atoms with van der Waals surface area (Å²) in [5.41, 5.74) is 5.76. The highest BCUT2D eigenvalue weighted by Crippen LogP contribution is 2.41. The highest BCUT2D eigenvalue weighted by Gasteiger charge is 2.26. The van der Waals surface area contributed by atoms with Crippen molar-refractivity contribution in [2.24, 2.45) is 0 Å². The van der Waals surface area contributed by atoms with Crippen molar-refractivity contribution in [2.45, 2.75) is 20.3 Å². The van der Waals surface area contributed by atoms with Crippen molar-refractivity contribution in [1.82, 2.24) is 15.0 Å². The van der Waals surface area contributed by atoms with Crippen LogP contribution in [-0.4, -0.2) is 21.5 Å². The minimum atomic E-state index is 0.886. The fraction of sp³-hybridized carbons (Fsp3) is 0.235. The summed E-state index contributed by atoms with van der Waals surface area (Å²) in [6.45, 7) is 5.09. The van der Waals surface area contributed by atoms with Gasteiger partial charge in [0, 0.05) is 27.8 Å². The van der Waals surface area contributed by atoms with Crippen LogP contribution in [0.3, 0.4) is 0 Å². The molecule has 0 aliphatic carbocycles. The lowest BCUT2D eigenvalue weighted by atomic mass is 10.1. The standard InChI is InChI=1S/C17H15BrN4/c1-10-3-4-14(18)12-5-6-22(16(10)12)17-13-7-11(2)19-8-15(13)20-9-21-17/h3-4,7-9H,5-6H2,1-2H3. The van der Waals surface area contributed by atoms with Gasteiger partial charge in [0.25, 0.3) is 0 Å². The molecule has 1 aliphatic rings. The Kier molecular flexibility index (Phi) is 3.11. The summed E-state index contributed by atoms with van der Waals surface area (Å²) in [5, 5.41) is 1.06. The minimum Gasteiger partial charge on any atom is -0.325 e. The Bertz CT molecular complexity index is 891. The van der Waals surface area contributed by atoms with Gasteiger partial charge in [-0.2, -0.15) is 0 Å². The molecule has 0 saturated carbocycles. The predicted molar refractivity (Wildman–Crippen MR) is 91.7 cm³/mol. The van der Waals surface area contributed by atoms with Crippen LogP contribution in [0.1, 0.15) is 16.8 Å². The second-order valence-corrected chi connectivity index (χ2v) is 6.49. The van der Waals surface area contributed by atoms with E-state index in [1.54, 1.807) is 6.33 Å². The lowest BCUT2D eigenvalue weighted by Gasteiger charge is -2.21. The minimum absolute atomic E-state index is 0.886. The highest BCUT2D eigenvalue weighted by molar-refractivity contribution is 9.10. The van der Waals surface area contributed by atoms with E-state index in [4.69, 9.17) is 0 Å². The molecule has 0 unspecified atom stereocenters. The Morgan fingerprint density at radius 1 is 1.14 bits per heavy atom. The van der Waals surface area contributed by atoms with Crippen LogP contribution in [0.5, 0.6) is 0 Å². The Morgan fingerprint density at radius 2 is 2.00 bits per heavy atom. The molecule has 4 rings (SSSR count). The van der Waals surface area contributed by atoms with Crippen LogP contribution in [0.15, 0.2) is 35.2 Å². The van der Waals surface area contributed by atoms with Crippen LogP contribution in [-0.2, 0) is 6.42 Å². The number of aryl methyl sites for hydroxylation is 2. The van der Waals surface area contributed by atoms with E-state index in [1.165, 1.54) is 21.3 Å². The maximum absolute atomic E-state index is 4.57. The number of anilines is 2. The van der Waals surface area contributed by atoms with Gasteiger partial charge in [0.1, 0.15) is 12.1 Å². The molecule has 3 heterocycles. The number of hydrogen-bond donors (Lipinski definition) is 0. The van der Waals surface area contributed by atoms with E-state index >= 15 is 0 Å². The molecule has 1 aliphatic heterocycles. The zero-order valence-electron chi connectivity index (χ0n) is 12.5. The number of fused-ring (bicyclic) bond motifs is 2. The van der Waals surface area contributed by atoms with Gasteiger partial charge in [-0.1, -0.05) is 22.0 Å². The Hall–Kier alpha value is -2.01. The lowest BCUT2D eigenvalue weighted by molar-refractivity contribution is 0.970. The SMILES string of the molecule is Cc1cc2c(N3CCc4c(Br)ccc(C)c43)ncnc2cn1. The molecule has 0 spiro atoms. The van der Waals surface area contributed by atoms with E-state index in [1.807, 2.05) is 13.1 Å². The zero-order valence-corrected chi connectivity index (χ0v) is 14.1. The number of rotatable bonds is 1. The summed E-state index contributed by atoms with van der Waals surface area (Å²) >= 11 is 3.67. The van der Waals surface area contributed by atoms with Crippen LogP contribution >= 0.6 is 15.9 Å². The zero-order chi connectivity index (χ0) is 15.3. The molecular formula is C17H15BrN4. The molecule has 0 fully saturated rings. The number of hydrogen-bond acceptors (Lipinski definition) is 4. The second kappa shape index (κ2) is 5.02. The molecule has 0 atom stereocenters. The summed E-state index contributed by atoms with van der Waals surface area (Å²) in [6, 6.07) is 6.34. The Morgan fingerprint density at radius 3 is 2.86 bits per heavy atom. The normalized spacial score (nSPS) is 13.7. The Balaban J connectivity index is 1.96. The number of benzene rings is 1. The monoisotopic (exact) mass is 354 g/mol.